The molecule has 1 heterocycles. The maximum atomic E-state index is 13.3. The van der Waals surface area contributed by atoms with Gasteiger partial charge < -0.3 is 5.11 Å². The lowest BCUT2D eigenvalue weighted by Gasteiger charge is -2.02. The SMILES string of the molecule is OCc1csc(-c2ccc(F)c(F)c2Br)n1. The first-order valence-corrected chi connectivity index (χ1v) is 6.00. The van der Waals surface area contributed by atoms with Crippen LogP contribution in [0.4, 0.5) is 8.78 Å². The van der Waals surface area contributed by atoms with Crippen LogP contribution in [0.5, 0.6) is 0 Å². The number of rotatable bonds is 2. The molecule has 0 spiro atoms. The summed E-state index contributed by atoms with van der Waals surface area (Å²) in [5.41, 5.74) is 0.986. The van der Waals surface area contributed by atoms with E-state index in [0.717, 1.165) is 6.07 Å². The number of nitrogens with zero attached hydrogens (tertiary/aromatic N) is 1. The van der Waals surface area contributed by atoms with Gasteiger partial charge in [-0.2, -0.15) is 0 Å². The summed E-state index contributed by atoms with van der Waals surface area (Å²) >= 11 is 4.25. The highest BCUT2D eigenvalue weighted by molar-refractivity contribution is 9.10. The molecule has 0 fully saturated rings. The summed E-state index contributed by atoms with van der Waals surface area (Å²) in [5, 5.41) is 11.1. The fraction of sp³-hybridized carbons (Fsp3) is 0.100. The number of benzene rings is 1. The van der Waals surface area contributed by atoms with Crippen molar-refractivity contribution in [2.24, 2.45) is 0 Å². The highest BCUT2D eigenvalue weighted by Crippen LogP contribution is 2.33. The van der Waals surface area contributed by atoms with E-state index in [1.807, 2.05) is 0 Å². The predicted molar refractivity (Wildman–Crippen MR) is 61.1 cm³/mol. The predicted octanol–water partition coefficient (Wildman–Crippen LogP) is 3.34. The van der Waals surface area contributed by atoms with Crippen molar-refractivity contribution >= 4 is 27.3 Å². The van der Waals surface area contributed by atoms with Crippen LogP contribution in [-0.4, -0.2) is 10.1 Å². The Morgan fingerprint density at radius 2 is 2.12 bits per heavy atom. The summed E-state index contributed by atoms with van der Waals surface area (Å²) in [7, 11) is 0. The van der Waals surface area contributed by atoms with Gasteiger partial charge in [-0.3, -0.25) is 0 Å². The third-order valence-electron chi connectivity index (χ3n) is 1.98. The third-order valence-corrected chi connectivity index (χ3v) is 3.68. The van der Waals surface area contributed by atoms with Crippen LogP contribution in [0.15, 0.2) is 22.0 Å². The highest BCUT2D eigenvalue weighted by atomic mass is 79.9. The van der Waals surface area contributed by atoms with E-state index in [1.165, 1.54) is 17.4 Å². The van der Waals surface area contributed by atoms with Gasteiger partial charge in [-0.15, -0.1) is 11.3 Å². The largest absolute Gasteiger partial charge is 0.390 e. The lowest BCUT2D eigenvalue weighted by Crippen LogP contribution is -1.89. The second-order valence-electron chi connectivity index (χ2n) is 3.03. The van der Waals surface area contributed by atoms with Crippen LogP contribution in [0.2, 0.25) is 0 Å². The van der Waals surface area contributed by atoms with Crippen LogP contribution in [0.3, 0.4) is 0 Å². The standard InChI is InChI=1S/C10H6BrF2NOS/c11-8-6(1-2-7(12)9(8)13)10-14-5(3-15)4-16-10/h1-2,4,15H,3H2. The van der Waals surface area contributed by atoms with Crippen molar-refractivity contribution in [3.8, 4) is 10.6 Å². The minimum Gasteiger partial charge on any atom is -0.390 e. The van der Waals surface area contributed by atoms with Crippen LogP contribution in [0, 0.1) is 11.6 Å². The van der Waals surface area contributed by atoms with Crippen LogP contribution >= 0.6 is 27.3 Å². The van der Waals surface area contributed by atoms with Crippen molar-refractivity contribution in [1.82, 2.24) is 4.98 Å². The van der Waals surface area contributed by atoms with Crippen molar-refractivity contribution < 1.29 is 13.9 Å². The number of hydrogen-bond acceptors (Lipinski definition) is 3. The number of halogens is 3. The van der Waals surface area contributed by atoms with E-state index in [4.69, 9.17) is 5.11 Å². The molecule has 2 nitrogen and oxygen atoms in total. The average molecular weight is 306 g/mol. The quantitative estimate of drug-likeness (QED) is 0.863. The average Bonchev–Trinajstić information content (AvgIpc) is 2.74. The minimum absolute atomic E-state index is 0.0475. The van der Waals surface area contributed by atoms with Crippen LogP contribution in [0.1, 0.15) is 5.69 Å². The van der Waals surface area contributed by atoms with Gasteiger partial charge in [0.2, 0.25) is 0 Å². The first-order chi connectivity index (χ1) is 7.63. The lowest BCUT2D eigenvalue weighted by atomic mass is 10.2. The van der Waals surface area contributed by atoms with Gasteiger partial charge >= 0.3 is 0 Å². The maximum absolute atomic E-state index is 13.3. The molecule has 0 bridgehead atoms. The molecule has 0 aliphatic carbocycles. The Kier molecular flexibility index (Phi) is 3.32. The topological polar surface area (TPSA) is 33.1 Å². The minimum atomic E-state index is -0.932. The maximum Gasteiger partial charge on any atom is 0.173 e. The van der Waals surface area contributed by atoms with Crippen LogP contribution in [-0.2, 0) is 6.61 Å². The summed E-state index contributed by atoms with van der Waals surface area (Å²) in [6, 6.07) is 2.50. The number of thiazole rings is 1. The Morgan fingerprint density at radius 3 is 2.75 bits per heavy atom. The summed E-state index contributed by atoms with van der Waals surface area (Å²) < 4.78 is 26.2. The molecule has 1 aromatic carbocycles. The fourth-order valence-corrected chi connectivity index (χ4v) is 2.68. The first-order valence-electron chi connectivity index (χ1n) is 4.32. The van der Waals surface area contributed by atoms with E-state index in [0.29, 0.717) is 16.3 Å². The Morgan fingerprint density at radius 1 is 1.38 bits per heavy atom. The molecular weight excluding hydrogens is 300 g/mol. The van der Waals surface area contributed by atoms with E-state index >= 15 is 0 Å². The van der Waals surface area contributed by atoms with Crippen molar-refractivity contribution in [2.45, 2.75) is 6.61 Å². The van der Waals surface area contributed by atoms with E-state index in [9.17, 15) is 8.78 Å². The van der Waals surface area contributed by atoms with E-state index in [2.05, 4.69) is 20.9 Å². The molecule has 6 heteroatoms. The summed E-state index contributed by atoms with van der Waals surface area (Å²) in [6.45, 7) is -0.169. The molecule has 0 aliphatic rings. The van der Waals surface area contributed by atoms with Gasteiger partial charge in [-0.05, 0) is 28.1 Å². The second-order valence-corrected chi connectivity index (χ2v) is 4.68. The Labute approximate surface area is 103 Å². The molecular formula is C10H6BrF2NOS. The van der Waals surface area contributed by atoms with Crippen LogP contribution in [0.25, 0.3) is 10.6 Å². The third kappa shape index (κ3) is 2.00. The van der Waals surface area contributed by atoms with Crippen molar-refractivity contribution in [2.75, 3.05) is 0 Å². The summed E-state index contributed by atoms with van der Waals surface area (Å²) in [4.78, 5) is 4.08. The number of aliphatic hydroxyl groups is 1. The molecule has 2 rings (SSSR count). The molecule has 1 aromatic heterocycles. The Balaban J connectivity index is 2.52. The highest BCUT2D eigenvalue weighted by Gasteiger charge is 2.14. The normalized spacial score (nSPS) is 10.8. The van der Waals surface area contributed by atoms with Crippen molar-refractivity contribution in [1.29, 1.82) is 0 Å². The zero-order valence-electron chi connectivity index (χ0n) is 7.88. The van der Waals surface area contributed by atoms with E-state index < -0.39 is 11.6 Å². The molecule has 0 radical (unpaired) electrons. The molecule has 0 saturated heterocycles. The molecule has 0 amide bonds. The van der Waals surface area contributed by atoms with Crippen molar-refractivity contribution in [3.63, 3.8) is 0 Å². The lowest BCUT2D eigenvalue weighted by molar-refractivity contribution is 0.278. The molecule has 2 aromatic rings. The summed E-state index contributed by atoms with van der Waals surface area (Å²) in [6.07, 6.45) is 0. The van der Waals surface area contributed by atoms with Crippen molar-refractivity contribution in [3.05, 3.63) is 39.3 Å². The van der Waals surface area contributed by atoms with Gasteiger partial charge in [0, 0.05) is 10.9 Å². The van der Waals surface area contributed by atoms with Crippen LogP contribution < -0.4 is 0 Å². The second kappa shape index (κ2) is 4.57. The molecule has 0 unspecified atom stereocenters. The summed E-state index contributed by atoms with van der Waals surface area (Å²) in [5.74, 6) is -1.84. The van der Waals surface area contributed by atoms with Gasteiger partial charge in [0.15, 0.2) is 11.6 Å². The number of aliphatic hydroxyl groups excluding tert-OH is 1. The van der Waals surface area contributed by atoms with E-state index in [1.54, 1.807) is 5.38 Å². The zero-order chi connectivity index (χ0) is 11.7. The van der Waals surface area contributed by atoms with Gasteiger partial charge in [-0.1, -0.05) is 0 Å². The van der Waals surface area contributed by atoms with Gasteiger partial charge in [0.05, 0.1) is 16.8 Å². The zero-order valence-corrected chi connectivity index (χ0v) is 10.3. The van der Waals surface area contributed by atoms with Gasteiger partial charge in [0.25, 0.3) is 0 Å². The molecule has 0 atom stereocenters. The van der Waals surface area contributed by atoms with E-state index in [-0.39, 0.29) is 11.1 Å². The molecule has 1 N–H and O–H groups in total. The van der Waals surface area contributed by atoms with Gasteiger partial charge in [-0.25, -0.2) is 13.8 Å². The smallest absolute Gasteiger partial charge is 0.173 e. The first kappa shape index (κ1) is 11.6. The molecule has 0 saturated carbocycles. The Hall–Kier alpha value is -0.850. The fourth-order valence-electron chi connectivity index (χ4n) is 1.19. The van der Waals surface area contributed by atoms with Gasteiger partial charge in [0.1, 0.15) is 5.01 Å². The molecule has 0 aliphatic heterocycles. The Bertz CT molecular complexity index is 530. The molecule has 84 valence electrons. The molecule has 16 heavy (non-hydrogen) atoms. The number of aromatic nitrogens is 1. The number of hydrogen-bond donors (Lipinski definition) is 1. The monoisotopic (exact) mass is 305 g/mol.